The molecule has 3 aromatic heterocycles. The number of hydrogen-bond donors (Lipinski definition) is 0. The number of amides is 1. The van der Waals surface area contributed by atoms with Crippen LogP contribution in [-0.4, -0.2) is 74.5 Å². The summed E-state index contributed by atoms with van der Waals surface area (Å²) in [5, 5.41) is 4.82. The number of likely N-dealkylation sites (tertiary alicyclic amines) is 1. The van der Waals surface area contributed by atoms with Gasteiger partial charge in [0.2, 0.25) is 5.91 Å². The SMILES string of the molecule is Cc1cccc(-c2ccn(-c3cc(N4CCOCC4)c4ncn(CC(=O)N5CCC5)c4n3)n2)c1. The van der Waals surface area contributed by atoms with E-state index < -0.39 is 0 Å². The molecule has 0 bridgehead atoms. The highest BCUT2D eigenvalue weighted by Crippen LogP contribution is 2.29. The van der Waals surface area contributed by atoms with E-state index >= 15 is 0 Å². The fourth-order valence-corrected chi connectivity index (χ4v) is 4.50. The van der Waals surface area contributed by atoms with Crippen molar-refractivity contribution in [3.63, 3.8) is 0 Å². The largest absolute Gasteiger partial charge is 0.378 e. The summed E-state index contributed by atoms with van der Waals surface area (Å²) in [6.07, 6.45) is 4.73. The van der Waals surface area contributed by atoms with Crippen molar-refractivity contribution in [3.05, 3.63) is 54.5 Å². The van der Waals surface area contributed by atoms with E-state index in [0.717, 1.165) is 55.1 Å². The van der Waals surface area contributed by atoms with E-state index in [1.54, 1.807) is 11.0 Å². The first kappa shape index (κ1) is 20.9. The highest BCUT2D eigenvalue weighted by atomic mass is 16.5. The van der Waals surface area contributed by atoms with Crippen molar-refractivity contribution in [2.75, 3.05) is 44.3 Å². The summed E-state index contributed by atoms with van der Waals surface area (Å²) in [6.45, 7) is 6.89. The van der Waals surface area contributed by atoms with Gasteiger partial charge >= 0.3 is 0 Å². The number of imidazole rings is 1. The minimum absolute atomic E-state index is 0.103. The Balaban J connectivity index is 1.42. The Morgan fingerprint density at radius 1 is 1.09 bits per heavy atom. The molecule has 174 valence electrons. The van der Waals surface area contributed by atoms with Crippen LogP contribution < -0.4 is 4.90 Å². The van der Waals surface area contributed by atoms with Crippen LogP contribution in [0.3, 0.4) is 0 Å². The first-order valence-electron chi connectivity index (χ1n) is 11.8. The molecule has 0 aliphatic carbocycles. The summed E-state index contributed by atoms with van der Waals surface area (Å²) < 4.78 is 9.22. The van der Waals surface area contributed by atoms with Gasteiger partial charge in [-0.25, -0.2) is 14.6 Å². The third-order valence-corrected chi connectivity index (χ3v) is 6.54. The number of pyridine rings is 1. The van der Waals surface area contributed by atoms with Gasteiger partial charge < -0.3 is 19.1 Å². The van der Waals surface area contributed by atoms with Crippen molar-refractivity contribution in [3.8, 4) is 17.1 Å². The van der Waals surface area contributed by atoms with E-state index in [2.05, 4.69) is 35.0 Å². The molecule has 0 atom stereocenters. The fourth-order valence-electron chi connectivity index (χ4n) is 4.50. The molecule has 2 aliphatic heterocycles. The second kappa shape index (κ2) is 8.57. The molecule has 4 aromatic rings. The van der Waals surface area contributed by atoms with E-state index in [1.807, 2.05) is 33.9 Å². The molecule has 0 unspecified atom stereocenters. The molecule has 2 aliphatic rings. The number of ether oxygens (including phenoxy) is 1. The number of carbonyl (C=O) groups excluding carboxylic acids is 1. The van der Waals surface area contributed by atoms with Crippen LogP contribution in [0.4, 0.5) is 5.69 Å². The molecule has 0 saturated carbocycles. The van der Waals surface area contributed by atoms with Gasteiger partial charge in [0.05, 0.1) is 30.9 Å². The number of fused-ring (bicyclic) bond motifs is 1. The second-order valence-corrected chi connectivity index (χ2v) is 8.89. The maximum atomic E-state index is 12.7. The predicted octanol–water partition coefficient (Wildman–Crippen LogP) is 2.66. The van der Waals surface area contributed by atoms with Crippen molar-refractivity contribution in [1.82, 2.24) is 29.2 Å². The Kier molecular flexibility index (Phi) is 5.26. The highest BCUT2D eigenvalue weighted by Gasteiger charge is 2.24. The minimum Gasteiger partial charge on any atom is -0.378 e. The molecule has 0 radical (unpaired) electrons. The van der Waals surface area contributed by atoms with Crippen LogP contribution in [0.25, 0.3) is 28.2 Å². The molecular formula is C25H27N7O2. The average Bonchev–Trinajstić information content (AvgIpc) is 3.46. The Morgan fingerprint density at radius 2 is 1.94 bits per heavy atom. The van der Waals surface area contributed by atoms with Crippen LogP contribution in [0.2, 0.25) is 0 Å². The molecule has 6 rings (SSSR count). The fraction of sp³-hybridized carbons (Fsp3) is 0.360. The van der Waals surface area contributed by atoms with Gasteiger partial charge in [0.25, 0.3) is 0 Å². The second-order valence-electron chi connectivity index (χ2n) is 8.89. The van der Waals surface area contributed by atoms with Crippen LogP contribution in [0.15, 0.2) is 48.9 Å². The summed E-state index contributed by atoms with van der Waals surface area (Å²) in [5.74, 6) is 0.803. The molecule has 2 fully saturated rings. The molecule has 0 N–H and O–H groups in total. The van der Waals surface area contributed by atoms with Crippen LogP contribution in [0.5, 0.6) is 0 Å². The van der Waals surface area contributed by atoms with Gasteiger partial charge in [-0.1, -0.05) is 23.8 Å². The zero-order chi connectivity index (χ0) is 23.1. The predicted molar refractivity (Wildman–Crippen MR) is 129 cm³/mol. The molecule has 0 spiro atoms. The number of aromatic nitrogens is 5. The molecule has 34 heavy (non-hydrogen) atoms. The summed E-state index contributed by atoms with van der Waals surface area (Å²) >= 11 is 0. The lowest BCUT2D eigenvalue weighted by atomic mass is 10.1. The van der Waals surface area contributed by atoms with Crippen molar-refractivity contribution in [2.45, 2.75) is 19.9 Å². The summed E-state index contributed by atoms with van der Waals surface area (Å²) in [4.78, 5) is 26.4. The molecule has 9 nitrogen and oxygen atoms in total. The van der Waals surface area contributed by atoms with Crippen molar-refractivity contribution in [1.29, 1.82) is 0 Å². The number of benzene rings is 1. The maximum Gasteiger partial charge on any atom is 0.242 e. The number of rotatable bonds is 5. The number of carbonyl (C=O) groups is 1. The number of hydrogen-bond acceptors (Lipinski definition) is 6. The summed E-state index contributed by atoms with van der Waals surface area (Å²) in [6, 6.07) is 12.3. The Morgan fingerprint density at radius 3 is 2.71 bits per heavy atom. The quantitative estimate of drug-likeness (QED) is 0.458. The van der Waals surface area contributed by atoms with Crippen LogP contribution in [0, 0.1) is 6.92 Å². The third-order valence-electron chi connectivity index (χ3n) is 6.54. The van der Waals surface area contributed by atoms with Crippen LogP contribution in [0.1, 0.15) is 12.0 Å². The van der Waals surface area contributed by atoms with Crippen LogP contribution in [-0.2, 0) is 16.1 Å². The monoisotopic (exact) mass is 457 g/mol. The Hall–Kier alpha value is -3.72. The number of anilines is 1. The van der Waals surface area contributed by atoms with Crippen molar-refractivity contribution >= 4 is 22.8 Å². The first-order valence-corrected chi connectivity index (χ1v) is 11.8. The zero-order valence-electron chi connectivity index (χ0n) is 19.2. The molecule has 2 saturated heterocycles. The van der Waals surface area contributed by atoms with Gasteiger partial charge in [-0.05, 0) is 25.5 Å². The first-order chi connectivity index (χ1) is 16.7. The van der Waals surface area contributed by atoms with E-state index in [4.69, 9.17) is 14.8 Å². The molecule has 5 heterocycles. The van der Waals surface area contributed by atoms with Crippen LogP contribution >= 0.6 is 0 Å². The number of aryl methyl sites for hydroxylation is 1. The topological polar surface area (TPSA) is 81.3 Å². The lowest BCUT2D eigenvalue weighted by Crippen LogP contribution is -2.43. The standard InChI is InChI=1S/C25H27N7O2/c1-18-4-2-5-19(14-18)20-6-9-32(28-20)22-15-21(29-10-12-34-13-11-29)24-25(27-22)31(17-26-24)16-23(33)30-7-3-8-30/h2,4-6,9,14-15,17H,3,7-8,10-13,16H2,1H3. The Labute approximate surface area is 197 Å². The third kappa shape index (κ3) is 3.81. The van der Waals surface area contributed by atoms with Gasteiger partial charge in [0, 0.05) is 44.0 Å². The van der Waals surface area contributed by atoms with Gasteiger partial charge in [-0.2, -0.15) is 5.10 Å². The lowest BCUT2D eigenvalue weighted by Gasteiger charge is -2.31. The summed E-state index contributed by atoms with van der Waals surface area (Å²) in [5.41, 5.74) is 5.63. The highest BCUT2D eigenvalue weighted by molar-refractivity contribution is 5.89. The molecule has 1 aromatic carbocycles. The van der Waals surface area contributed by atoms with E-state index in [9.17, 15) is 4.79 Å². The normalized spacial score (nSPS) is 16.1. The number of morpholine rings is 1. The van der Waals surface area contributed by atoms with E-state index in [1.165, 1.54) is 5.56 Å². The average molecular weight is 458 g/mol. The molecule has 1 amide bonds. The van der Waals surface area contributed by atoms with Crippen molar-refractivity contribution < 1.29 is 9.53 Å². The van der Waals surface area contributed by atoms with E-state index in [-0.39, 0.29) is 12.5 Å². The van der Waals surface area contributed by atoms with Gasteiger partial charge in [-0.3, -0.25) is 4.79 Å². The lowest BCUT2D eigenvalue weighted by molar-refractivity contribution is -0.135. The minimum atomic E-state index is 0.103. The van der Waals surface area contributed by atoms with Crippen molar-refractivity contribution in [2.24, 2.45) is 0 Å². The zero-order valence-corrected chi connectivity index (χ0v) is 19.2. The van der Waals surface area contributed by atoms with Gasteiger partial charge in [-0.15, -0.1) is 0 Å². The van der Waals surface area contributed by atoms with Gasteiger partial charge in [0.1, 0.15) is 12.1 Å². The maximum absolute atomic E-state index is 12.7. The molecular weight excluding hydrogens is 430 g/mol. The number of nitrogens with zero attached hydrogens (tertiary/aromatic N) is 7. The molecule has 9 heteroatoms. The summed E-state index contributed by atoms with van der Waals surface area (Å²) in [7, 11) is 0. The Bertz CT molecular complexity index is 1350. The smallest absolute Gasteiger partial charge is 0.242 e. The van der Waals surface area contributed by atoms with Gasteiger partial charge in [0.15, 0.2) is 11.5 Å². The van der Waals surface area contributed by atoms with E-state index in [0.29, 0.717) is 24.7 Å².